The Morgan fingerprint density at radius 3 is 2.52 bits per heavy atom. The van der Waals surface area contributed by atoms with Crippen molar-refractivity contribution in [1.82, 2.24) is 10.9 Å². The van der Waals surface area contributed by atoms with E-state index in [0.717, 1.165) is 16.9 Å². The van der Waals surface area contributed by atoms with Crippen LogP contribution >= 0.6 is 11.8 Å². The molecule has 27 heavy (non-hydrogen) atoms. The number of amides is 1. The van der Waals surface area contributed by atoms with Gasteiger partial charge in [-0.25, -0.2) is 9.38 Å². The lowest BCUT2D eigenvalue weighted by atomic mass is 10.1. The zero-order valence-electron chi connectivity index (χ0n) is 15.1. The first-order chi connectivity index (χ1) is 13.0. The molecule has 0 fully saturated rings. The summed E-state index contributed by atoms with van der Waals surface area (Å²) in [5, 5.41) is 5.35. The number of carbonyl (C=O) groups is 1. The number of benzene rings is 2. The molecule has 0 bridgehead atoms. The predicted molar refractivity (Wildman–Crippen MR) is 110 cm³/mol. The molecule has 2 aromatic rings. The fourth-order valence-corrected chi connectivity index (χ4v) is 3.14. The second-order valence-electron chi connectivity index (χ2n) is 6.49. The number of nitrogens with one attached hydrogen (secondary N) is 3. The third kappa shape index (κ3) is 5.34. The Morgan fingerprint density at radius 1 is 1.15 bits per heavy atom. The number of hydrogen-bond acceptors (Lipinski definition) is 4. The minimum absolute atomic E-state index is 0.0129. The molecule has 2 aromatic carbocycles. The summed E-state index contributed by atoms with van der Waals surface area (Å²) < 4.78 is 13.7. The zero-order chi connectivity index (χ0) is 19.2. The Morgan fingerprint density at radius 2 is 1.89 bits per heavy atom. The monoisotopic (exact) mass is 384 g/mol. The van der Waals surface area contributed by atoms with E-state index in [-0.39, 0.29) is 17.4 Å². The normalized spacial score (nSPS) is 15.1. The molecule has 1 amide bonds. The molecule has 0 radical (unpaired) electrons. The number of halogens is 1. The first-order valence-corrected chi connectivity index (χ1v) is 9.51. The van der Waals surface area contributed by atoms with Crippen LogP contribution in [0.3, 0.4) is 0 Å². The highest BCUT2D eigenvalue weighted by atomic mass is 32.2. The molecule has 1 aliphatic rings. The Bertz CT molecular complexity index is 878. The van der Waals surface area contributed by atoms with Crippen molar-refractivity contribution in [2.75, 3.05) is 5.32 Å². The van der Waals surface area contributed by atoms with Gasteiger partial charge in [0.05, 0.1) is 5.70 Å². The van der Waals surface area contributed by atoms with Gasteiger partial charge in [-0.15, -0.1) is 0 Å². The van der Waals surface area contributed by atoms with Crippen molar-refractivity contribution >= 4 is 39.9 Å². The average molecular weight is 384 g/mol. The van der Waals surface area contributed by atoms with E-state index in [0.29, 0.717) is 17.5 Å². The van der Waals surface area contributed by atoms with Crippen LogP contribution in [0, 0.1) is 11.7 Å². The van der Waals surface area contributed by atoms with Crippen LogP contribution in [0.15, 0.2) is 58.9 Å². The molecular formula is C20H21FN4OS. The zero-order valence-corrected chi connectivity index (χ0v) is 15.9. The van der Waals surface area contributed by atoms with Crippen LogP contribution < -0.4 is 16.2 Å². The van der Waals surface area contributed by atoms with Gasteiger partial charge in [0, 0.05) is 23.1 Å². The van der Waals surface area contributed by atoms with Crippen LogP contribution in [0.5, 0.6) is 0 Å². The maximum atomic E-state index is 13.7. The summed E-state index contributed by atoms with van der Waals surface area (Å²) in [5.41, 5.74) is 8.91. The first kappa shape index (κ1) is 19.0. The van der Waals surface area contributed by atoms with Crippen molar-refractivity contribution in [3.8, 4) is 0 Å². The number of amidine groups is 1. The first-order valence-electron chi connectivity index (χ1n) is 8.63. The van der Waals surface area contributed by atoms with Gasteiger partial charge in [0.15, 0.2) is 5.17 Å². The summed E-state index contributed by atoms with van der Waals surface area (Å²) in [6.07, 6.45) is 0.499. The van der Waals surface area contributed by atoms with Crippen LogP contribution in [0.1, 0.15) is 25.8 Å². The Labute approximate surface area is 162 Å². The number of thioether (sulfide) groups is 1. The summed E-state index contributed by atoms with van der Waals surface area (Å²) in [6.45, 7) is 4.02. The van der Waals surface area contributed by atoms with Gasteiger partial charge >= 0.3 is 0 Å². The van der Waals surface area contributed by atoms with E-state index in [1.54, 1.807) is 18.2 Å². The quantitative estimate of drug-likeness (QED) is 0.703. The minimum Gasteiger partial charge on any atom is -0.326 e. The molecule has 0 saturated heterocycles. The third-order valence-electron chi connectivity index (χ3n) is 3.74. The van der Waals surface area contributed by atoms with Gasteiger partial charge in [0.2, 0.25) is 5.91 Å². The number of aliphatic imine (C=N–C) groups is 1. The topological polar surface area (TPSA) is 65.5 Å². The van der Waals surface area contributed by atoms with Crippen molar-refractivity contribution in [3.05, 3.63) is 65.3 Å². The lowest BCUT2D eigenvalue weighted by molar-refractivity contribution is -0.116. The number of nitrogens with zero attached hydrogens (tertiary/aromatic N) is 1. The number of hydrazine groups is 1. The molecule has 1 aliphatic heterocycles. The fourth-order valence-electron chi connectivity index (χ4n) is 2.46. The van der Waals surface area contributed by atoms with Gasteiger partial charge < -0.3 is 5.32 Å². The average Bonchev–Trinajstić information content (AvgIpc) is 2.64. The van der Waals surface area contributed by atoms with E-state index < -0.39 is 0 Å². The molecule has 0 aromatic heterocycles. The molecular weight excluding hydrogens is 363 g/mol. The molecule has 3 rings (SSSR count). The van der Waals surface area contributed by atoms with Crippen molar-refractivity contribution < 1.29 is 9.18 Å². The molecule has 3 N–H and O–H groups in total. The highest BCUT2D eigenvalue weighted by Gasteiger charge is 2.12. The smallest absolute Gasteiger partial charge is 0.224 e. The van der Waals surface area contributed by atoms with Gasteiger partial charge in [0.25, 0.3) is 0 Å². The molecule has 5 nitrogen and oxygen atoms in total. The Kier molecular flexibility index (Phi) is 6.13. The van der Waals surface area contributed by atoms with Crippen molar-refractivity contribution in [2.24, 2.45) is 10.9 Å². The third-order valence-corrected chi connectivity index (χ3v) is 4.51. The van der Waals surface area contributed by atoms with E-state index in [9.17, 15) is 9.18 Å². The molecule has 0 atom stereocenters. The molecule has 1 heterocycles. The Balaban J connectivity index is 1.64. The Hall–Kier alpha value is -2.80. The van der Waals surface area contributed by atoms with Crippen molar-refractivity contribution in [2.45, 2.75) is 20.3 Å². The van der Waals surface area contributed by atoms with Crippen LogP contribution in [0.2, 0.25) is 0 Å². The number of para-hydroxylation sites is 1. The molecule has 7 heteroatoms. The van der Waals surface area contributed by atoms with E-state index in [1.165, 1.54) is 17.8 Å². The number of anilines is 1. The fraction of sp³-hybridized carbons (Fsp3) is 0.200. The lowest BCUT2D eigenvalue weighted by Crippen LogP contribution is -2.36. The highest BCUT2D eigenvalue weighted by molar-refractivity contribution is 8.16. The summed E-state index contributed by atoms with van der Waals surface area (Å²) in [6, 6.07) is 13.9. The van der Waals surface area contributed by atoms with Crippen LogP contribution in [0.25, 0.3) is 5.70 Å². The van der Waals surface area contributed by atoms with Gasteiger partial charge in [0.1, 0.15) is 11.5 Å². The van der Waals surface area contributed by atoms with E-state index in [4.69, 9.17) is 0 Å². The lowest BCUT2D eigenvalue weighted by Gasteiger charge is -2.19. The van der Waals surface area contributed by atoms with Crippen LogP contribution in [-0.4, -0.2) is 11.1 Å². The van der Waals surface area contributed by atoms with Crippen LogP contribution in [-0.2, 0) is 4.79 Å². The second kappa shape index (κ2) is 8.73. The molecule has 0 saturated carbocycles. The van der Waals surface area contributed by atoms with E-state index in [1.807, 2.05) is 43.5 Å². The summed E-state index contributed by atoms with van der Waals surface area (Å²) in [4.78, 5) is 16.1. The SMILES string of the molecule is CC(C)CC(=O)Nc1ccc(C2=CSC(=Nc3ccccc3F)NN2)cc1. The maximum Gasteiger partial charge on any atom is 0.224 e. The number of rotatable bonds is 5. The standard InChI is InChI=1S/C20H21FN4OS/c1-13(2)11-19(26)22-15-9-7-14(8-10-15)18-12-27-20(25-24-18)23-17-6-4-3-5-16(17)21/h3-10,12-13,24H,11H2,1-2H3,(H,22,26)(H,23,25). The predicted octanol–water partition coefficient (Wildman–Crippen LogP) is 4.64. The van der Waals surface area contributed by atoms with Crippen LogP contribution in [0.4, 0.5) is 15.8 Å². The summed E-state index contributed by atoms with van der Waals surface area (Å²) >= 11 is 1.37. The van der Waals surface area contributed by atoms with Crippen molar-refractivity contribution in [3.63, 3.8) is 0 Å². The van der Waals surface area contributed by atoms with Crippen molar-refractivity contribution in [1.29, 1.82) is 0 Å². The van der Waals surface area contributed by atoms with Gasteiger partial charge in [-0.1, -0.05) is 49.9 Å². The summed E-state index contributed by atoms with van der Waals surface area (Å²) in [5.74, 6) is -0.0274. The number of hydrogen-bond donors (Lipinski definition) is 3. The second-order valence-corrected chi connectivity index (χ2v) is 7.35. The summed E-state index contributed by atoms with van der Waals surface area (Å²) in [7, 11) is 0. The largest absolute Gasteiger partial charge is 0.326 e. The van der Waals surface area contributed by atoms with Gasteiger partial charge in [-0.3, -0.25) is 15.6 Å². The molecule has 0 aliphatic carbocycles. The molecule has 0 unspecified atom stereocenters. The minimum atomic E-state index is -0.364. The van der Waals surface area contributed by atoms with E-state index >= 15 is 0 Å². The van der Waals surface area contributed by atoms with E-state index in [2.05, 4.69) is 21.2 Å². The molecule has 0 spiro atoms. The highest BCUT2D eigenvalue weighted by Crippen LogP contribution is 2.24. The van der Waals surface area contributed by atoms with Gasteiger partial charge in [-0.05, 0) is 30.2 Å². The maximum absolute atomic E-state index is 13.7. The number of carbonyl (C=O) groups excluding carboxylic acids is 1. The molecule has 140 valence electrons. The van der Waals surface area contributed by atoms with Gasteiger partial charge in [-0.2, -0.15) is 0 Å².